The number of halogens is 1. The second-order valence-corrected chi connectivity index (χ2v) is 10.2. The summed E-state index contributed by atoms with van der Waals surface area (Å²) in [5, 5.41) is 6.61. The number of hydrogen-bond acceptors (Lipinski definition) is 8. The SMILES string of the molecule is C=CC(=O)N1CCC[C@H](n2cnc3c(NCc4ccccc4)nc(Nc4ccc(N5CCOCC5)c(F)c4)nc32)C1. The predicted octanol–water partition coefficient (Wildman–Crippen LogP) is 4.51. The number of carbonyl (C=O) groups excluding carboxylic acids is 1. The number of anilines is 4. The molecule has 0 saturated carbocycles. The van der Waals surface area contributed by atoms with Gasteiger partial charge in [-0.15, -0.1) is 0 Å². The molecule has 0 unspecified atom stereocenters. The zero-order valence-electron chi connectivity index (χ0n) is 22.8. The number of likely N-dealkylation sites (tertiary alicyclic amines) is 1. The summed E-state index contributed by atoms with van der Waals surface area (Å²) >= 11 is 0. The van der Waals surface area contributed by atoms with Crippen molar-refractivity contribution in [1.82, 2.24) is 24.4 Å². The van der Waals surface area contributed by atoms with Crippen LogP contribution in [0.15, 0.2) is 67.5 Å². The van der Waals surface area contributed by atoms with Crippen molar-refractivity contribution in [2.75, 3.05) is 54.9 Å². The van der Waals surface area contributed by atoms with E-state index >= 15 is 4.39 Å². The number of ether oxygens (including phenoxy) is 1. The van der Waals surface area contributed by atoms with Crippen molar-refractivity contribution in [3.63, 3.8) is 0 Å². The van der Waals surface area contributed by atoms with Gasteiger partial charge in [0.1, 0.15) is 5.82 Å². The van der Waals surface area contributed by atoms with Gasteiger partial charge in [0.05, 0.1) is 31.3 Å². The minimum absolute atomic E-state index is 0.00706. The van der Waals surface area contributed by atoms with Crippen LogP contribution in [0, 0.1) is 5.82 Å². The molecule has 11 heteroatoms. The first kappa shape index (κ1) is 26.7. The van der Waals surface area contributed by atoms with Crippen LogP contribution in [-0.2, 0) is 16.1 Å². The van der Waals surface area contributed by atoms with Crippen molar-refractivity contribution in [3.8, 4) is 0 Å². The molecule has 2 aromatic carbocycles. The van der Waals surface area contributed by atoms with Gasteiger partial charge in [-0.1, -0.05) is 36.9 Å². The molecule has 4 aromatic rings. The third kappa shape index (κ3) is 5.85. The summed E-state index contributed by atoms with van der Waals surface area (Å²) in [7, 11) is 0. The summed E-state index contributed by atoms with van der Waals surface area (Å²) in [6.45, 7) is 7.91. The first-order chi connectivity index (χ1) is 20.1. The van der Waals surface area contributed by atoms with E-state index in [0.29, 0.717) is 80.2 Å². The number of fused-ring (bicyclic) bond motifs is 1. The van der Waals surface area contributed by atoms with Crippen LogP contribution >= 0.6 is 0 Å². The van der Waals surface area contributed by atoms with E-state index in [9.17, 15) is 4.79 Å². The number of rotatable bonds is 8. The van der Waals surface area contributed by atoms with Gasteiger partial charge in [0.15, 0.2) is 17.0 Å². The van der Waals surface area contributed by atoms with Crippen molar-refractivity contribution in [3.05, 3.63) is 78.9 Å². The number of morpholine rings is 1. The van der Waals surface area contributed by atoms with Gasteiger partial charge in [0.2, 0.25) is 11.9 Å². The smallest absolute Gasteiger partial charge is 0.246 e. The fraction of sp³-hybridized carbons (Fsp3) is 0.333. The molecule has 1 atom stereocenters. The Morgan fingerprint density at radius 3 is 2.73 bits per heavy atom. The van der Waals surface area contributed by atoms with Crippen LogP contribution in [0.5, 0.6) is 0 Å². The van der Waals surface area contributed by atoms with E-state index in [4.69, 9.17) is 14.7 Å². The second-order valence-electron chi connectivity index (χ2n) is 10.2. The lowest BCUT2D eigenvalue weighted by Crippen LogP contribution is -2.39. The first-order valence-electron chi connectivity index (χ1n) is 13.9. The fourth-order valence-electron chi connectivity index (χ4n) is 5.43. The molecule has 2 aliphatic rings. The number of piperidine rings is 1. The lowest BCUT2D eigenvalue weighted by molar-refractivity contribution is -0.127. The topological polar surface area (TPSA) is 100 Å². The van der Waals surface area contributed by atoms with E-state index < -0.39 is 0 Å². The lowest BCUT2D eigenvalue weighted by Gasteiger charge is -2.32. The van der Waals surface area contributed by atoms with Crippen molar-refractivity contribution < 1.29 is 13.9 Å². The molecule has 0 bridgehead atoms. The number of aromatic nitrogens is 4. The molecule has 6 rings (SSSR count). The minimum Gasteiger partial charge on any atom is -0.378 e. The molecular formula is C30H33FN8O2. The Labute approximate surface area is 237 Å². The van der Waals surface area contributed by atoms with Gasteiger partial charge in [0, 0.05) is 38.4 Å². The molecule has 0 radical (unpaired) electrons. The van der Waals surface area contributed by atoms with Crippen molar-refractivity contribution >= 4 is 40.2 Å². The maximum atomic E-state index is 15.1. The maximum Gasteiger partial charge on any atom is 0.246 e. The number of benzene rings is 2. The summed E-state index contributed by atoms with van der Waals surface area (Å²) in [6.07, 6.45) is 4.88. The Kier molecular flexibility index (Phi) is 7.77. The van der Waals surface area contributed by atoms with Gasteiger partial charge < -0.3 is 29.7 Å². The molecule has 0 aliphatic carbocycles. The Hall–Kier alpha value is -4.51. The van der Waals surface area contributed by atoms with E-state index in [-0.39, 0.29) is 17.8 Å². The normalized spacial score (nSPS) is 17.4. The minimum atomic E-state index is -0.320. The lowest BCUT2D eigenvalue weighted by atomic mass is 10.1. The monoisotopic (exact) mass is 556 g/mol. The maximum absolute atomic E-state index is 15.1. The Morgan fingerprint density at radius 1 is 1.12 bits per heavy atom. The largest absolute Gasteiger partial charge is 0.378 e. The fourth-order valence-corrected chi connectivity index (χ4v) is 5.43. The number of imidazole rings is 1. The highest BCUT2D eigenvalue weighted by Crippen LogP contribution is 2.30. The van der Waals surface area contributed by atoms with E-state index in [2.05, 4.69) is 22.2 Å². The molecule has 2 fully saturated rings. The van der Waals surface area contributed by atoms with Crippen LogP contribution in [0.3, 0.4) is 0 Å². The van der Waals surface area contributed by atoms with Gasteiger partial charge in [-0.25, -0.2) is 9.37 Å². The Morgan fingerprint density at radius 2 is 1.95 bits per heavy atom. The van der Waals surface area contributed by atoms with Crippen molar-refractivity contribution in [2.45, 2.75) is 25.4 Å². The molecular weight excluding hydrogens is 523 g/mol. The summed E-state index contributed by atoms with van der Waals surface area (Å²) in [5.74, 6) is 0.493. The van der Waals surface area contributed by atoms with Crippen LogP contribution in [-0.4, -0.2) is 69.7 Å². The molecule has 212 valence electrons. The molecule has 10 nitrogen and oxygen atoms in total. The molecule has 2 N–H and O–H groups in total. The van der Waals surface area contributed by atoms with Gasteiger partial charge in [-0.2, -0.15) is 9.97 Å². The molecule has 41 heavy (non-hydrogen) atoms. The number of nitrogens with one attached hydrogen (secondary N) is 2. The zero-order chi connectivity index (χ0) is 28.2. The Bertz CT molecular complexity index is 1540. The summed E-state index contributed by atoms with van der Waals surface area (Å²) in [5.41, 5.74) is 3.46. The molecule has 0 spiro atoms. The molecule has 4 heterocycles. The van der Waals surface area contributed by atoms with Crippen LogP contribution < -0.4 is 15.5 Å². The third-order valence-corrected chi connectivity index (χ3v) is 7.56. The Balaban J connectivity index is 1.32. The van der Waals surface area contributed by atoms with Gasteiger partial charge in [-0.3, -0.25) is 4.79 Å². The van der Waals surface area contributed by atoms with Crippen LogP contribution in [0.1, 0.15) is 24.4 Å². The predicted molar refractivity (Wildman–Crippen MR) is 157 cm³/mol. The molecule has 2 saturated heterocycles. The number of nitrogens with zero attached hydrogens (tertiary/aromatic N) is 6. The van der Waals surface area contributed by atoms with Crippen LogP contribution in [0.4, 0.5) is 27.5 Å². The van der Waals surface area contributed by atoms with Crippen molar-refractivity contribution in [2.24, 2.45) is 0 Å². The van der Waals surface area contributed by atoms with Gasteiger partial charge >= 0.3 is 0 Å². The third-order valence-electron chi connectivity index (χ3n) is 7.56. The quantitative estimate of drug-likeness (QED) is 0.306. The van der Waals surface area contributed by atoms with E-state index in [1.54, 1.807) is 17.3 Å². The van der Waals surface area contributed by atoms with E-state index in [0.717, 1.165) is 18.4 Å². The first-order valence-corrected chi connectivity index (χ1v) is 13.9. The highest BCUT2D eigenvalue weighted by molar-refractivity contribution is 5.87. The summed E-state index contributed by atoms with van der Waals surface area (Å²) < 4.78 is 22.6. The van der Waals surface area contributed by atoms with Crippen LogP contribution in [0.25, 0.3) is 11.2 Å². The zero-order valence-corrected chi connectivity index (χ0v) is 22.8. The van der Waals surface area contributed by atoms with E-state index in [1.807, 2.05) is 45.9 Å². The van der Waals surface area contributed by atoms with Gasteiger partial charge in [-0.05, 0) is 42.7 Å². The highest BCUT2D eigenvalue weighted by Gasteiger charge is 2.26. The average molecular weight is 557 g/mol. The number of amides is 1. The highest BCUT2D eigenvalue weighted by atomic mass is 19.1. The second kappa shape index (κ2) is 11.9. The summed E-state index contributed by atoms with van der Waals surface area (Å²) in [6, 6.07) is 15.1. The molecule has 2 aliphatic heterocycles. The number of hydrogen-bond donors (Lipinski definition) is 2. The standard InChI is InChI=1S/C30H33FN8O2/c1-2-26(40)38-12-6-9-23(19-38)39-20-33-27-28(32-18-21-7-4-3-5-8-21)35-30(36-29(27)39)34-22-10-11-25(24(31)17-22)37-13-15-41-16-14-37/h2-5,7-8,10-11,17,20,23H,1,6,9,12-16,18-19H2,(H2,32,34,35,36)/t23-/m0/s1. The molecule has 1 amide bonds. The van der Waals surface area contributed by atoms with E-state index in [1.165, 1.54) is 12.1 Å². The molecule has 2 aromatic heterocycles. The average Bonchev–Trinajstić information content (AvgIpc) is 3.45. The van der Waals surface area contributed by atoms with Crippen LogP contribution in [0.2, 0.25) is 0 Å². The van der Waals surface area contributed by atoms with Gasteiger partial charge in [0.25, 0.3) is 0 Å². The number of carbonyl (C=O) groups is 1. The summed E-state index contributed by atoms with van der Waals surface area (Å²) in [4.78, 5) is 30.3. The van der Waals surface area contributed by atoms with Crippen molar-refractivity contribution in [1.29, 1.82) is 0 Å².